The van der Waals surface area contributed by atoms with Crippen molar-refractivity contribution >= 4 is 28.2 Å². The Morgan fingerprint density at radius 2 is 2.33 bits per heavy atom. The SMILES string of the molecule is CCNC(=O)Nc1nc(-c2cccc(N)c2)cs1. The third-order valence-corrected chi connectivity index (χ3v) is 3.00. The average molecular weight is 262 g/mol. The van der Waals surface area contributed by atoms with Gasteiger partial charge in [0, 0.05) is 23.2 Å². The number of urea groups is 1. The van der Waals surface area contributed by atoms with Gasteiger partial charge >= 0.3 is 6.03 Å². The number of rotatable bonds is 3. The number of hydrogen-bond donors (Lipinski definition) is 3. The van der Waals surface area contributed by atoms with E-state index in [1.807, 2.05) is 36.6 Å². The van der Waals surface area contributed by atoms with E-state index >= 15 is 0 Å². The third-order valence-electron chi connectivity index (χ3n) is 2.24. The van der Waals surface area contributed by atoms with E-state index in [2.05, 4.69) is 15.6 Å². The van der Waals surface area contributed by atoms with Gasteiger partial charge in [-0.05, 0) is 19.1 Å². The fourth-order valence-corrected chi connectivity index (χ4v) is 2.18. The largest absolute Gasteiger partial charge is 0.399 e. The minimum absolute atomic E-state index is 0.244. The fraction of sp³-hybridized carbons (Fsp3) is 0.167. The molecule has 2 aromatic rings. The first-order valence-corrected chi connectivity index (χ1v) is 6.43. The number of thiazole rings is 1. The van der Waals surface area contributed by atoms with Gasteiger partial charge in [-0.15, -0.1) is 11.3 Å². The molecule has 2 rings (SSSR count). The van der Waals surface area contributed by atoms with Crippen LogP contribution < -0.4 is 16.4 Å². The Labute approximate surface area is 109 Å². The zero-order chi connectivity index (χ0) is 13.0. The van der Waals surface area contributed by atoms with E-state index in [0.717, 1.165) is 11.3 Å². The molecule has 4 N–H and O–H groups in total. The van der Waals surface area contributed by atoms with Crippen molar-refractivity contribution in [2.45, 2.75) is 6.92 Å². The molecule has 0 bridgehead atoms. The highest BCUT2D eigenvalue weighted by atomic mass is 32.1. The van der Waals surface area contributed by atoms with E-state index in [1.54, 1.807) is 0 Å². The second kappa shape index (κ2) is 5.50. The van der Waals surface area contributed by atoms with Crippen LogP contribution in [-0.4, -0.2) is 17.6 Å². The van der Waals surface area contributed by atoms with Gasteiger partial charge in [0.2, 0.25) is 0 Å². The predicted molar refractivity (Wildman–Crippen MR) is 74.7 cm³/mol. The zero-order valence-electron chi connectivity index (χ0n) is 9.93. The molecular formula is C12H14N4OS. The Bertz CT molecular complexity index is 553. The van der Waals surface area contributed by atoms with Crippen LogP contribution in [0.5, 0.6) is 0 Å². The van der Waals surface area contributed by atoms with Gasteiger partial charge in [0.15, 0.2) is 5.13 Å². The molecule has 0 aliphatic rings. The smallest absolute Gasteiger partial charge is 0.321 e. The van der Waals surface area contributed by atoms with Crippen LogP contribution in [0.4, 0.5) is 15.6 Å². The number of hydrogen-bond acceptors (Lipinski definition) is 4. The predicted octanol–water partition coefficient (Wildman–Crippen LogP) is 2.53. The number of nitrogens with zero attached hydrogens (tertiary/aromatic N) is 1. The topological polar surface area (TPSA) is 80.0 Å². The van der Waals surface area contributed by atoms with Gasteiger partial charge in [-0.2, -0.15) is 0 Å². The normalized spacial score (nSPS) is 10.1. The van der Waals surface area contributed by atoms with E-state index in [-0.39, 0.29) is 6.03 Å². The van der Waals surface area contributed by atoms with E-state index in [1.165, 1.54) is 11.3 Å². The molecule has 1 aromatic carbocycles. The van der Waals surface area contributed by atoms with Crippen molar-refractivity contribution in [2.24, 2.45) is 0 Å². The van der Waals surface area contributed by atoms with Crippen molar-refractivity contribution in [3.63, 3.8) is 0 Å². The Kier molecular flexibility index (Phi) is 3.78. The summed E-state index contributed by atoms with van der Waals surface area (Å²) in [5, 5.41) is 7.78. The Hall–Kier alpha value is -2.08. The number of anilines is 2. The van der Waals surface area contributed by atoms with Crippen molar-refractivity contribution in [3.05, 3.63) is 29.6 Å². The molecule has 0 radical (unpaired) electrons. The number of nitrogens with one attached hydrogen (secondary N) is 2. The number of carbonyl (C=O) groups is 1. The lowest BCUT2D eigenvalue weighted by Crippen LogP contribution is -2.28. The third kappa shape index (κ3) is 2.98. The molecule has 2 amide bonds. The molecular weight excluding hydrogens is 248 g/mol. The second-order valence-electron chi connectivity index (χ2n) is 3.65. The van der Waals surface area contributed by atoms with Crippen molar-refractivity contribution in [1.82, 2.24) is 10.3 Å². The Balaban J connectivity index is 2.13. The Morgan fingerprint density at radius 1 is 1.50 bits per heavy atom. The van der Waals surface area contributed by atoms with Crippen LogP contribution in [0.15, 0.2) is 29.6 Å². The van der Waals surface area contributed by atoms with E-state index in [0.29, 0.717) is 17.4 Å². The van der Waals surface area contributed by atoms with Crippen LogP contribution in [0.2, 0.25) is 0 Å². The fourth-order valence-electron chi connectivity index (χ4n) is 1.46. The standard InChI is InChI=1S/C12H14N4OS/c1-2-14-11(17)16-12-15-10(7-18-12)8-4-3-5-9(13)6-8/h3-7H,2,13H2,1H3,(H2,14,15,16,17). The lowest BCUT2D eigenvalue weighted by Gasteiger charge is -2.01. The molecule has 0 saturated carbocycles. The first-order valence-electron chi connectivity index (χ1n) is 5.55. The molecule has 1 aromatic heterocycles. The maximum atomic E-state index is 11.3. The number of nitrogen functional groups attached to an aromatic ring is 1. The monoisotopic (exact) mass is 262 g/mol. The van der Waals surface area contributed by atoms with Crippen LogP contribution in [0.3, 0.4) is 0 Å². The van der Waals surface area contributed by atoms with Crippen LogP contribution in [0.1, 0.15) is 6.92 Å². The van der Waals surface area contributed by atoms with Gasteiger partial charge in [-0.1, -0.05) is 12.1 Å². The van der Waals surface area contributed by atoms with Crippen LogP contribution in [0.25, 0.3) is 11.3 Å². The molecule has 1 heterocycles. The van der Waals surface area contributed by atoms with Gasteiger partial charge in [0.25, 0.3) is 0 Å². The summed E-state index contributed by atoms with van der Waals surface area (Å²) < 4.78 is 0. The van der Waals surface area contributed by atoms with Crippen molar-refractivity contribution in [3.8, 4) is 11.3 Å². The molecule has 0 atom stereocenters. The van der Waals surface area contributed by atoms with Crippen LogP contribution >= 0.6 is 11.3 Å². The number of nitrogens with two attached hydrogens (primary N) is 1. The summed E-state index contributed by atoms with van der Waals surface area (Å²) in [6, 6.07) is 7.24. The molecule has 0 spiro atoms. The summed E-state index contributed by atoms with van der Waals surface area (Å²) in [4.78, 5) is 15.7. The second-order valence-corrected chi connectivity index (χ2v) is 4.51. The molecule has 0 aliphatic carbocycles. The van der Waals surface area contributed by atoms with E-state index < -0.39 is 0 Å². The summed E-state index contributed by atoms with van der Waals surface area (Å²) in [6.45, 7) is 2.44. The molecule has 6 heteroatoms. The molecule has 5 nitrogen and oxygen atoms in total. The van der Waals surface area contributed by atoms with E-state index in [4.69, 9.17) is 5.73 Å². The van der Waals surface area contributed by atoms with Crippen molar-refractivity contribution < 1.29 is 4.79 Å². The molecule has 0 aliphatic heterocycles. The maximum Gasteiger partial charge on any atom is 0.321 e. The number of aromatic nitrogens is 1. The number of benzene rings is 1. The first kappa shape index (κ1) is 12.4. The number of carbonyl (C=O) groups excluding carboxylic acids is 1. The summed E-state index contributed by atoms with van der Waals surface area (Å²) >= 11 is 1.38. The van der Waals surface area contributed by atoms with Crippen molar-refractivity contribution in [2.75, 3.05) is 17.6 Å². The average Bonchev–Trinajstić information content (AvgIpc) is 2.78. The lowest BCUT2D eigenvalue weighted by atomic mass is 10.1. The highest BCUT2D eigenvalue weighted by molar-refractivity contribution is 7.14. The first-order chi connectivity index (χ1) is 8.69. The number of amides is 2. The molecule has 18 heavy (non-hydrogen) atoms. The quantitative estimate of drug-likeness (QED) is 0.744. The highest BCUT2D eigenvalue weighted by Crippen LogP contribution is 2.25. The van der Waals surface area contributed by atoms with Gasteiger partial charge in [-0.25, -0.2) is 9.78 Å². The highest BCUT2D eigenvalue weighted by Gasteiger charge is 2.07. The van der Waals surface area contributed by atoms with Gasteiger partial charge in [0.1, 0.15) is 0 Å². The minimum atomic E-state index is -0.244. The molecule has 0 saturated heterocycles. The molecule has 94 valence electrons. The molecule has 0 unspecified atom stereocenters. The van der Waals surface area contributed by atoms with Crippen LogP contribution in [0, 0.1) is 0 Å². The summed E-state index contributed by atoms with van der Waals surface area (Å²) in [6.07, 6.45) is 0. The van der Waals surface area contributed by atoms with Gasteiger partial charge < -0.3 is 11.1 Å². The Morgan fingerprint density at radius 3 is 3.06 bits per heavy atom. The summed E-state index contributed by atoms with van der Waals surface area (Å²) in [7, 11) is 0. The van der Waals surface area contributed by atoms with Gasteiger partial charge in [-0.3, -0.25) is 5.32 Å². The van der Waals surface area contributed by atoms with Gasteiger partial charge in [0.05, 0.1) is 5.69 Å². The minimum Gasteiger partial charge on any atom is -0.399 e. The lowest BCUT2D eigenvalue weighted by molar-refractivity contribution is 0.252. The maximum absolute atomic E-state index is 11.3. The summed E-state index contributed by atoms with van der Waals surface area (Å²) in [5.41, 5.74) is 8.16. The van der Waals surface area contributed by atoms with Crippen molar-refractivity contribution in [1.29, 1.82) is 0 Å². The molecule has 0 fully saturated rings. The van der Waals surface area contributed by atoms with E-state index in [9.17, 15) is 4.79 Å². The summed E-state index contributed by atoms with van der Waals surface area (Å²) in [5.74, 6) is 0. The van der Waals surface area contributed by atoms with Crippen LogP contribution in [-0.2, 0) is 0 Å². The zero-order valence-corrected chi connectivity index (χ0v) is 10.8.